The van der Waals surface area contributed by atoms with Crippen molar-refractivity contribution in [2.75, 3.05) is 37.6 Å². The summed E-state index contributed by atoms with van der Waals surface area (Å²) in [6, 6.07) is 7.81. The molecule has 1 saturated heterocycles. The average molecular weight is 301 g/mol. The summed E-state index contributed by atoms with van der Waals surface area (Å²) in [7, 11) is 0. The lowest BCUT2D eigenvalue weighted by atomic mass is 10.2. The lowest BCUT2D eigenvalue weighted by Crippen LogP contribution is -2.49. The molecule has 22 heavy (non-hydrogen) atoms. The summed E-state index contributed by atoms with van der Waals surface area (Å²) in [5, 5.41) is 0. The van der Waals surface area contributed by atoms with Crippen molar-refractivity contribution in [3.05, 3.63) is 29.8 Å². The molecule has 0 bridgehead atoms. The van der Waals surface area contributed by atoms with Crippen LogP contribution in [0.15, 0.2) is 24.3 Å². The highest BCUT2D eigenvalue weighted by atomic mass is 16.2. The van der Waals surface area contributed by atoms with Crippen LogP contribution >= 0.6 is 0 Å². The number of carbonyl (C=O) groups is 3. The Kier molecular flexibility index (Phi) is 4.09. The molecule has 0 aromatic heterocycles. The van der Waals surface area contributed by atoms with Crippen LogP contribution in [0.5, 0.6) is 0 Å². The van der Waals surface area contributed by atoms with Crippen LogP contribution in [0.3, 0.4) is 0 Å². The Hall–Kier alpha value is -2.37. The van der Waals surface area contributed by atoms with Crippen LogP contribution in [0, 0.1) is 0 Å². The molecule has 2 aliphatic rings. The number of rotatable bonds is 3. The van der Waals surface area contributed by atoms with Crippen molar-refractivity contribution >= 4 is 23.9 Å². The van der Waals surface area contributed by atoms with Crippen molar-refractivity contribution in [1.29, 1.82) is 0 Å². The highest BCUT2D eigenvalue weighted by Crippen LogP contribution is 2.27. The number of carbonyl (C=O) groups excluding carboxylic acids is 3. The molecule has 0 aliphatic carbocycles. The van der Waals surface area contributed by atoms with Gasteiger partial charge in [0.05, 0.1) is 0 Å². The Morgan fingerprint density at radius 2 is 1.73 bits per heavy atom. The predicted molar refractivity (Wildman–Crippen MR) is 81.3 cm³/mol. The molecule has 6 heteroatoms. The van der Waals surface area contributed by atoms with Crippen molar-refractivity contribution in [1.82, 2.24) is 9.80 Å². The molecule has 2 aliphatic heterocycles. The number of nitrogens with zero attached hydrogens (tertiary/aromatic N) is 3. The highest BCUT2D eigenvalue weighted by Gasteiger charge is 2.28. The van der Waals surface area contributed by atoms with E-state index in [1.807, 2.05) is 24.3 Å². The highest BCUT2D eigenvalue weighted by molar-refractivity contribution is 6.06. The minimum absolute atomic E-state index is 0.102. The van der Waals surface area contributed by atoms with E-state index in [0.717, 1.165) is 24.1 Å². The average Bonchev–Trinajstić information content (AvgIpc) is 2.99. The Balaban J connectivity index is 1.59. The molecule has 3 rings (SSSR count). The first kappa shape index (κ1) is 14.6. The monoisotopic (exact) mass is 301 g/mol. The molecular weight excluding hydrogens is 282 g/mol. The Labute approximate surface area is 129 Å². The molecular formula is C16H19N3O3. The zero-order valence-electron chi connectivity index (χ0n) is 12.4. The second kappa shape index (κ2) is 6.17. The number of fused-ring (bicyclic) bond motifs is 1. The van der Waals surface area contributed by atoms with Crippen LogP contribution in [0.25, 0.3) is 0 Å². The largest absolute Gasteiger partial charge is 0.342 e. The third-order valence-corrected chi connectivity index (χ3v) is 4.31. The zero-order valence-corrected chi connectivity index (χ0v) is 12.4. The first-order valence-corrected chi connectivity index (χ1v) is 7.54. The van der Waals surface area contributed by atoms with Gasteiger partial charge in [-0.1, -0.05) is 18.2 Å². The lowest BCUT2D eigenvalue weighted by molar-refractivity contribution is -0.138. The van der Waals surface area contributed by atoms with Crippen molar-refractivity contribution in [3.63, 3.8) is 0 Å². The second-order valence-electron chi connectivity index (χ2n) is 5.62. The van der Waals surface area contributed by atoms with Gasteiger partial charge in [0, 0.05) is 38.4 Å². The number of hydrogen-bond donors (Lipinski definition) is 0. The second-order valence-corrected chi connectivity index (χ2v) is 5.62. The molecule has 0 spiro atoms. The zero-order chi connectivity index (χ0) is 15.5. The van der Waals surface area contributed by atoms with Gasteiger partial charge in [-0.25, -0.2) is 0 Å². The number of piperazine rings is 1. The maximum absolute atomic E-state index is 12.4. The molecule has 1 aromatic rings. The summed E-state index contributed by atoms with van der Waals surface area (Å²) in [5.74, 6) is -0.298. The standard InChI is InChI=1S/C16H19N3O3/c20-12-17-7-9-18(10-8-17)15(21)11-16(22)19-6-5-13-3-1-2-4-14(13)19/h1-4,12H,5-11H2. The number of amides is 3. The van der Waals surface area contributed by atoms with E-state index in [-0.39, 0.29) is 18.2 Å². The molecule has 0 atom stereocenters. The topological polar surface area (TPSA) is 60.9 Å². The molecule has 1 fully saturated rings. The molecule has 0 unspecified atom stereocenters. The van der Waals surface area contributed by atoms with Gasteiger partial charge in [-0.2, -0.15) is 0 Å². The van der Waals surface area contributed by atoms with Crippen molar-refractivity contribution in [2.45, 2.75) is 12.8 Å². The van der Waals surface area contributed by atoms with Gasteiger partial charge in [0.2, 0.25) is 18.2 Å². The van der Waals surface area contributed by atoms with Gasteiger partial charge in [0.25, 0.3) is 0 Å². The Morgan fingerprint density at radius 1 is 1.00 bits per heavy atom. The molecule has 0 saturated carbocycles. The van der Waals surface area contributed by atoms with E-state index in [1.165, 1.54) is 0 Å². The summed E-state index contributed by atoms with van der Waals surface area (Å²) in [6.45, 7) is 2.72. The van der Waals surface area contributed by atoms with Crippen LogP contribution in [0.4, 0.5) is 5.69 Å². The van der Waals surface area contributed by atoms with Crippen LogP contribution in [-0.4, -0.2) is 60.7 Å². The van der Waals surface area contributed by atoms with Crippen LogP contribution < -0.4 is 4.90 Å². The summed E-state index contributed by atoms with van der Waals surface area (Å²) in [4.78, 5) is 40.3. The van der Waals surface area contributed by atoms with Crippen LogP contribution in [0.2, 0.25) is 0 Å². The van der Waals surface area contributed by atoms with E-state index in [1.54, 1.807) is 14.7 Å². The van der Waals surface area contributed by atoms with Gasteiger partial charge in [-0.15, -0.1) is 0 Å². The van der Waals surface area contributed by atoms with Crippen LogP contribution in [0.1, 0.15) is 12.0 Å². The van der Waals surface area contributed by atoms with E-state index in [0.29, 0.717) is 32.7 Å². The van der Waals surface area contributed by atoms with Crippen molar-refractivity contribution in [2.24, 2.45) is 0 Å². The van der Waals surface area contributed by atoms with E-state index < -0.39 is 0 Å². The van der Waals surface area contributed by atoms with Crippen molar-refractivity contribution in [3.8, 4) is 0 Å². The van der Waals surface area contributed by atoms with Gasteiger partial charge in [0.1, 0.15) is 6.42 Å². The van der Waals surface area contributed by atoms with Gasteiger partial charge in [-0.05, 0) is 18.1 Å². The predicted octanol–water partition coefficient (Wildman–Crippen LogP) is 0.266. The van der Waals surface area contributed by atoms with Gasteiger partial charge in [0.15, 0.2) is 0 Å². The summed E-state index contributed by atoms with van der Waals surface area (Å²) < 4.78 is 0. The third-order valence-electron chi connectivity index (χ3n) is 4.31. The fraction of sp³-hybridized carbons (Fsp3) is 0.438. The van der Waals surface area contributed by atoms with Crippen LogP contribution in [-0.2, 0) is 20.8 Å². The summed E-state index contributed by atoms with van der Waals surface area (Å²) in [6.07, 6.45) is 1.54. The quantitative estimate of drug-likeness (QED) is 0.594. The van der Waals surface area contributed by atoms with E-state index in [4.69, 9.17) is 0 Å². The van der Waals surface area contributed by atoms with Gasteiger partial charge < -0.3 is 14.7 Å². The SMILES string of the molecule is O=CN1CCN(C(=O)CC(=O)N2CCc3ccccc32)CC1. The van der Waals surface area contributed by atoms with Gasteiger partial charge in [-0.3, -0.25) is 14.4 Å². The van der Waals surface area contributed by atoms with Gasteiger partial charge >= 0.3 is 0 Å². The Bertz CT molecular complexity index is 594. The molecule has 116 valence electrons. The number of para-hydroxylation sites is 1. The number of benzene rings is 1. The number of hydrogen-bond acceptors (Lipinski definition) is 3. The molecule has 0 radical (unpaired) electrons. The third kappa shape index (κ3) is 2.81. The van der Waals surface area contributed by atoms with E-state index in [9.17, 15) is 14.4 Å². The van der Waals surface area contributed by atoms with E-state index in [2.05, 4.69) is 0 Å². The normalized spacial score (nSPS) is 17.4. The first-order valence-electron chi connectivity index (χ1n) is 7.54. The fourth-order valence-corrected chi connectivity index (χ4v) is 3.01. The Morgan fingerprint density at radius 3 is 2.45 bits per heavy atom. The summed E-state index contributed by atoms with van der Waals surface area (Å²) in [5.41, 5.74) is 2.08. The molecule has 0 N–H and O–H groups in total. The van der Waals surface area contributed by atoms with E-state index >= 15 is 0 Å². The lowest BCUT2D eigenvalue weighted by Gasteiger charge is -2.32. The minimum atomic E-state index is -0.153. The fourth-order valence-electron chi connectivity index (χ4n) is 3.01. The maximum Gasteiger partial charge on any atom is 0.236 e. The molecule has 1 aromatic carbocycles. The minimum Gasteiger partial charge on any atom is -0.342 e. The summed E-state index contributed by atoms with van der Waals surface area (Å²) >= 11 is 0. The molecule has 6 nitrogen and oxygen atoms in total. The number of anilines is 1. The molecule has 3 amide bonds. The first-order chi connectivity index (χ1) is 10.7. The van der Waals surface area contributed by atoms with Crippen molar-refractivity contribution < 1.29 is 14.4 Å². The smallest absolute Gasteiger partial charge is 0.236 e. The molecule has 2 heterocycles. The maximum atomic E-state index is 12.4.